The molecule has 0 heterocycles. The van der Waals surface area contributed by atoms with Crippen LogP contribution in [0.15, 0.2) is 17.0 Å². The van der Waals surface area contributed by atoms with E-state index in [1.807, 2.05) is 0 Å². The molecule has 11 heteroatoms. The van der Waals surface area contributed by atoms with Crippen LogP contribution < -0.4 is 5.32 Å². The van der Waals surface area contributed by atoms with Crippen LogP contribution in [0.1, 0.15) is 64.2 Å². The number of halogens is 3. The maximum Gasteiger partial charge on any atom is 0.418 e. The largest absolute Gasteiger partial charge is 0.444 e. The molecule has 2 unspecified atom stereocenters. The van der Waals surface area contributed by atoms with Crippen molar-refractivity contribution in [3.8, 4) is 0 Å². The quantitative estimate of drug-likeness (QED) is 0.602. The van der Waals surface area contributed by atoms with E-state index in [0.717, 1.165) is 6.07 Å². The third-order valence-electron chi connectivity index (χ3n) is 5.94. The van der Waals surface area contributed by atoms with E-state index in [1.54, 1.807) is 34.6 Å². The molecule has 0 fully saturated rings. The number of benzene rings is 1. The molecule has 2 atom stereocenters. The van der Waals surface area contributed by atoms with Crippen LogP contribution in [0.4, 0.5) is 18.0 Å². The van der Waals surface area contributed by atoms with Gasteiger partial charge in [0.25, 0.3) is 10.1 Å². The Bertz CT molecular complexity index is 965. The predicted molar refractivity (Wildman–Crippen MR) is 111 cm³/mol. The van der Waals surface area contributed by atoms with Gasteiger partial charge < -0.3 is 14.8 Å². The third-order valence-corrected chi connectivity index (χ3v) is 6.83. The zero-order valence-corrected chi connectivity index (χ0v) is 19.8. The maximum atomic E-state index is 14.3. The fourth-order valence-electron chi connectivity index (χ4n) is 4.64. The summed E-state index contributed by atoms with van der Waals surface area (Å²) in [6.07, 6.45) is -6.30. The van der Waals surface area contributed by atoms with Crippen molar-refractivity contribution in [2.24, 2.45) is 0 Å². The molecule has 1 aliphatic carbocycles. The lowest BCUT2D eigenvalue weighted by Gasteiger charge is -2.49. The first kappa shape index (κ1) is 26.4. The Kier molecular flexibility index (Phi) is 7.28. The Morgan fingerprint density at radius 3 is 2.19 bits per heavy atom. The Morgan fingerprint density at radius 2 is 1.78 bits per heavy atom. The van der Waals surface area contributed by atoms with Crippen LogP contribution in [-0.2, 0) is 37.6 Å². The standard InChI is InChI=1S/C21H30F3NO6S/c1-7-20(8-2)15-12(9-10-14(32(27,28)29)16(15)21(22,23)24)11-13(30-6)17(20)25-18(26)31-19(3,4)5/h9-10,13,17H,7-8,11H2,1-6H3,(H,25,26)(H,27,28,29). The molecule has 2 N–H and O–H groups in total. The van der Waals surface area contributed by atoms with E-state index in [0.29, 0.717) is 0 Å². The lowest BCUT2D eigenvalue weighted by molar-refractivity contribution is -0.142. The monoisotopic (exact) mass is 481 g/mol. The third kappa shape index (κ3) is 5.04. The molecule has 0 bridgehead atoms. The van der Waals surface area contributed by atoms with Crippen molar-refractivity contribution in [2.45, 2.75) is 88.1 Å². The van der Waals surface area contributed by atoms with E-state index < -0.39 is 56.0 Å². The maximum absolute atomic E-state index is 14.3. The molecule has 7 nitrogen and oxygen atoms in total. The summed E-state index contributed by atoms with van der Waals surface area (Å²) in [5.74, 6) is 0. The summed E-state index contributed by atoms with van der Waals surface area (Å²) in [6, 6.07) is 1.09. The molecule has 1 aromatic rings. The molecule has 1 amide bonds. The van der Waals surface area contributed by atoms with Crippen LogP contribution in [0.5, 0.6) is 0 Å². The summed E-state index contributed by atoms with van der Waals surface area (Å²) in [4.78, 5) is 11.4. The van der Waals surface area contributed by atoms with Crippen LogP contribution in [0.25, 0.3) is 0 Å². The summed E-state index contributed by atoms with van der Waals surface area (Å²) in [5, 5.41) is 2.68. The Labute approximate surface area is 186 Å². The summed E-state index contributed by atoms with van der Waals surface area (Å²) in [5.41, 5.74) is -3.58. The van der Waals surface area contributed by atoms with Gasteiger partial charge in [0.15, 0.2) is 0 Å². The van der Waals surface area contributed by atoms with Gasteiger partial charge in [-0.15, -0.1) is 0 Å². The Balaban J connectivity index is 2.85. The number of fused-ring (bicyclic) bond motifs is 1. The highest BCUT2D eigenvalue weighted by atomic mass is 32.2. The number of hydrogen-bond acceptors (Lipinski definition) is 5. The van der Waals surface area contributed by atoms with E-state index in [9.17, 15) is 30.9 Å². The van der Waals surface area contributed by atoms with Crippen LogP contribution in [-0.4, -0.2) is 43.9 Å². The molecular formula is C21H30F3NO6S. The first-order valence-corrected chi connectivity index (χ1v) is 11.7. The minimum atomic E-state index is -5.16. The molecule has 182 valence electrons. The van der Waals surface area contributed by atoms with Crippen molar-refractivity contribution in [2.75, 3.05) is 7.11 Å². The smallest absolute Gasteiger partial charge is 0.418 e. The molecular weight excluding hydrogens is 451 g/mol. The van der Waals surface area contributed by atoms with Crippen molar-refractivity contribution in [3.05, 3.63) is 28.8 Å². The molecule has 0 saturated heterocycles. The van der Waals surface area contributed by atoms with Crippen molar-refractivity contribution in [3.63, 3.8) is 0 Å². The number of amides is 1. The van der Waals surface area contributed by atoms with Crippen LogP contribution in [0, 0.1) is 0 Å². The highest BCUT2D eigenvalue weighted by Gasteiger charge is 2.53. The lowest BCUT2D eigenvalue weighted by Crippen LogP contribution is -2.61. The first-order valence-electron chi connectivity index (χ1n) is 10.2. The molecule has 1 aromatic carbocycles. The van der Waals surface area contributed by atoms with Gasteiger partial charge in [-0.25, -0.2) is 4.79 Å². The first-order chi connectivity index (χ1) is 14.5. The highest BCUT2D eigenvalue weighted by molar-refractivity contribution is 7.85. The number of nitrogens with one attached hydrogen (secondary N) is 1. The molecule has 0 radical (unpaired) electrons. The number of alkyl carbamates (subject to hydrolysis) is 1. The van der Waals surface area contributed by atoms with Gasteiger partial charge in [0.2, 0.25) is 0 Å². The molecule has 0 saturated carbocycles. The predicted octanol–water partition coefficient (Wildman–Crippen LogP) is 4.47. The zero-order valence-electron chi connectivity index (χ0n) is 19.0. The number of hydrogen-bond donors (Lipinski definition) is 2. The van der Waals surface area contributed by atoms with Gasteiger partial charge in [0.1, 0.15) is 10.5 Å². The molecule has 32 heavy (non-hydrogen) atoms. The fourth-order valence-corrected chi connectivity index (χ4v) is 5.35. The average Bonchev–Trinajstić information content (AvgIpc) is 2.63. The van der Waals surface area contributed by atoms with Crippen molar-refractivity contribution >= 4 is 16.2 Å². The van der Waals surface area contributed by atoms with Crippen LogP contribution in [0.3, 0.4) is 0 Å². The number of carbonyl (C=O) groups excluding carboxylic acids is 1. The summed E-state index contributed by atoms with van der Waals surface area (Å²) in [6.45, 7) is 8.29. The van der Waals surface area contributed by atoms with Gasteiger partial charge >= 0.3 is 12.3 Å². The topological polar surface area (TPSA) is 102 Å². The SMILES string of the molecule is CCC1(CC)c2c(ccc(S(=O)(=O)O)c2C(F)(F)F)CC(OC)C1NC(=O)OC(C)(C)C. The van der Waals surface area contributed by atoms with E-state index in [4.69, 9.17) is 9.47 Å². The van der Waals surface area contributed by atoms with E-state index >= 15 is 0 Å². The van der Waals surface area contributed by atoms with Crippen molar-refractivity contribution < 1.29 is 40.4 Å². The number of carbonyl (C=O) groups is 1. The molecule has 0 spiro atoms. The zero-order chi connectivity index (χ0) is 24.7. The van der Waals surface area contributed by atoms with Gasteiger partial charge in [0.05, 0.1) is 17.7 Å². The second-order valence-electron chi connectivity index (χ2n) is 8.91. The normalized spacial score (nSPS) is 21.1. The lowest BCUT2D eigenvalue weighted by atomic mass is 9.61. The molecule has 1 aliphatic rings. The van der Waals surface area contributed by atoms with Crippen LogP contribution >= 0.6 is 0 Å². The molecule has 2 rings (SSSR count). The number of alkyl halides is 3. The van der Waals surface area contributed by atoms with Gasteiger partial charge in [-0.05, 0) is 50.8 Å². The number of rotatable bonds is 5. The average molecular weight is 482 g/mol. The summed E-state index contributed by atoms with van der Waals surface area (Å²) in [7, 11) is -3.77. The van der Waals surface area contributed by atoms with Gasteiger partial charge in [-0.3, -0.25) is 4.55 Å². The molecule has 0 aliphatic heterocycles. The van der Waals surface area contributed by atoms with Gasteiger partial charge in [-0.2, -0.15) is 21.6 Å². The van der Waals surface area contributed by atoms with E-state index in [2.05, 4.69) is 5.32 Å². The number of methoxy groups -OCH3 is 1. The molecule has 0 aromatic heterocycles. The Hall–Kier alpha value is -1.85. The summed E-state index contributed by atoms with van der Waals surface area (Å²) < 4.78 is 86.9. The Morgan fingerprint density at radius 1 is 1.22 bits per heavy atom. The van der Waals surface area contributed by atoms with E-state index in [1.165, 1.54) is 13.2 Å². The van der Waals surface area contributed by atoms with Gasteiger partial charge in [0, 0.05) is 18.9 Å². The second kappa shape index (κ2) is 8.83. The highest BCUT2D eigenvalue weighted by Crippen LogP contribution is 2.50. The van der Waals surface area contributed by atoms with Crippen molar-refractivity contribution in [1.29, 1.82) is 0 Å². The minimum Gasteiger partial charge on any atom is -0.444 e. The minimum absolute atomic E-state index is 0.00286. The van der Waals surface area contributed by atoms with Crippen molar-refractivity contribution in [1.82, 2.24) is 5.32 Å². The second-order valence-corrected chi connectivity index (χ2v) is 10.3. The number of ether oxygens (including phenoxy) is 2. The summed E-state index contributed by atoms with van der Waals surface area (Å²) >= 11 is 0. The fraction of sp³-hybridized carbons (Fsp3) is 0.667. The van der Waals surface area contributed by atoms with Gasteiger partial charge in [-0.1, -0.05) is 19.9 Å². The van der Waals surface area contributed by atoms with Crippen LogP contribution in [0.2, 0.25) is 0 Å². The van der Waals surface area contributed by atoms with E-state index in [-0.39, 0.29) is 30.4 Å².